The van der Waals surface area contributed by atoms with Crippen LogP contribution in [-0.2, 0) is 0 Å². The van der Waals surface area contributed by atoms with Gasteiger partial charge in [0, 0.05) is 59.4 Å². The number of thiophene rings is 1. The minimum absolute atomic E-state index is 0.629. The summed E-state index contributed by atoms with van der Waals surface area (Å²) in [5, 5.41) is 7.27. The second kappa shape index (κ2) is 14.2. The fourth-order valence-electron chi connectivity index (χ4n) is 9.58. The predicted molar refractivity (Wildman–Crippen MR) is 263 cm³/mol. The van der Waals surface area contributed by atoms with Gasteiger partial charge in [-0.3, -0.25) is 0 Å². The molecule has 4 heterocycles. The highest BCUT2D eigenvalue weighted by atomic mass is 32.1. The highest BCUT2D eigenvalue weighted by Gasteiger charge is 2.24. The van der Waals surface area contributed by atoms with Crippen LogP contribution in [0.2, 0.25) is 0 Å². The number of hydrogen-bond donors (Lipinski definition) is 0. The zero-order chi connectivity index (χ0) is 41.4. The van der Waals surface area contributed by atoms with Crippen LogP contribution < -0.4 is 0 Å². The van der Waals surface area contributed by atoms with Crippen LogP contribution in [0.25, 0.3) is 120 Å². The van der Waals surface area contributed by atoms with E-state index in [2.05, 4.69) is 185 Å². The first-order valence-corrected chi connectivity index (χ1v) is 22.0. The molecule has 0 saturated carbocycles. The van der Waals surface area contributed by atoms with E-state index in [1.807, 2.05) is 47.7 Å². The van der Waals surface area contributed by atoms with Gasteiger partial charge >= 0.3 is 0 Å². The van der Waals surface area contributed by atoms with Gasteiger partial charge in [0.15, 0.2) is 17.5 Å². The molecular weight excluding hydrogens is 787 g/mol. The number of para-hydroxylation sites is 3. The lowest BCUT2D eigenvalue weighted by molar-refractivity contribution is 1.07. The molecule has 0 fully saturated rings. The fourth-order valence-corrected chi connectivity index (χ4v) is 10.8. The molecule has 0 atom stereocenters. The van der Waals surface area contributed by atoms with Gasteiger partial charge in [-0.1, -0.05) is 164 Å². The molecule has 0 N–H and O–H groups in total. The molecule has 63 heavy (non-hydrogen) atoms. The molecule has 0 aliphatic carbocycles. The molecule has 6 heteroatoms. The van der Waals surface area contributed by atoms with E-state index in [0.29, 0.717) is 17.5 Å². The summed E-state index contributed by atoms with van der Waals surface area (Å²) in [4.78, 5) is 15.5. The average molecular weight is 822 g/mol. The summed E-state index contributed by atoms with van der Waals surface area (Å²) < 4.78 is 7.39. The van der Waals surface area contributed by atoms with Crippen molar-refractivity contribution in [2.24, 2.45) is 0 Å². The van der Waals surface area contributed by atoms with Gasteiger partial charge in [-0.25, -0.2) is 15.0 Å². The zero-order valence-electron chi connectivity index (χ0n) is 33.9. The molecule has 4 aromatic heterocycles. The van der Waals surface area contributed by atoms with Crippen molar-refractivity contribution in [2.75, 3.05) is 0 Å². The molecule has 13 rings (SSSR count). The van der Waals surface area contributed by atoms with E-state index in [4.69, 9.17) is 15.0 Å². The summed E-state index contributed by atoms with van der Waals surface area (Å²) in [5.41, 5.74) is 12.1. The molecule has 9 aromatic carbocycles. The van der Waals surface area contributed by atoms with Crippen molar-refractivity contribution < 1.29 is 0 Å². The molecule has 0 bridgehead atoms. The number of hydrogen-bond acceptors (Lipinski definition) is 4. The second-order valence-corrected chi connectivity index (χ2v) is 17.0. The van der Waals surface area contributed by atoms with Crippen LogP contribution in [0.1, 0.15) is 0 Å². The number of aromatic nitrogens is 5. The van der Waals surface area contributed by atoms with Gasteiger partial charge in [-0.2, -0.15) is 0 Å². The maximum Gasteiger partial charge on any atom is 0.166 e. The van der Waals surface area contributed by atoms with Crippen molar-refractivity contribution in [3.63, 3.8) is 0 Å². The Morgan fingerprint density at radius 2 is 0.921 bits per heavy atom. The van der Waals surface area contributed by atoms with Gasteiger partial charge in [0.2, 0.25) is 0 Å². The van der Waals surface area contributed by atoms with Crippen molar-refractivity contribution >= 4 is 75.1 Å². The lowest BCUT2D eigenvalue weighted by Crippen LogP contribution is -2.02. The minimum Gasteiger partial charge on any atom is -0.308 e. The Balaban J connectivity index is 1.10. The fraction of sp³-hybridized carbons (Fsp3) is 0. The topological polar surface area (TPSA) is 48.5 Å². The van der Waals surface area contributed by atoms with E-state index in [0.717, 1.165) is 33.3 Å². The largest absolute Gasteiger partial charge is 0.308 e. The van der Waals surface area contributed by atoms with Crippen LogP contribution in [0.5, 0.6) is 0 Å². The van der Waals surface area contributed by atoms with Crippen molar-refractivity contribution in [1.29, 1.82) is 0 Å². The lowest BCUT2D eigenvalue weighted by Gasteiger charge is -2.13. The first kappa shape index (κ1) is 35.6. The van der Waals surface area contributed by atoms with Crippen molar-refractivity contribution in [2.45, 2.75) is 0 Å². The average Bonchev–Trinajstić information content (AvgIpc) is 4.02. The van der Waals surface area contributed by atoms with Crippen LogP contribution in [0.3, 0.4) is 0 Å². The Bertz CT molecular complexity index is 3830. The van der Waals surface area contributed by atoms with Crippen LogP contribution in [-0.4, -0.2) is 24.1 Å². The minimum atomic E-state index is 0.629. The molecule has 0 aliphatic heterocycles. The Labute approximate surface area is 366 Å². The third kappa shape index (κ3) is 5.59. The molecule has 0 aliphatic rings. The van der Waals surface area contributed by atoms with Crippen LogP contribution in [0.4, 0.5) is 0 Å². The molecule has 13 aromatic rings. The predicted octanol–water partition coefficient (Wildman–Crippen LogP) is 15.1. The molecule has 0 spiro atoms. The number of rotatable bonds is 6. The Hall–Kier alpha value is -8.19. The number of nitrogens with zero attached hydrogens (tertiary/aromatic N) is 5. The van der Waals surface area contributed by atoms with E-state index >= 15 is 0 Å². The first-order chi connectivity index (χ1) is 31.3. The third-order valence-corrected chi connectivity index (χ3v) is 13.6. The highest BCUT2D eigenvalue weighted by molar-refractivity contribution is 7.26. The van der Waals surface area contributed by atoms with Gasteiger partial charge in [-0.15, -0.1) is 11.3 Å². The van der Waals surface area contributed by atoms with Crippen LogP contribution in [0.15, 0.2) is 212 Å². The first-order valence-electron chi connectivity index (χ1n) is 21.2. The van der Waals surface area contributed by atoms with Crippen molar-refractivity contribution in [3.05, 3.63) is 212 Å². The van der Waals surface area contributed by atoms with Crippen molar-refractivity contribution in [3.8, 4) is 56.7 Å². The summed E-state index contributed by atoms with van der Waals surface area (Å²) in [6.07, 6.45) is 0. The quantitative estimate of drug-likeness (QED) is 0.168. The smallest absolute Gasteiger partial charge is 0.166 e. The molecule has 0 saturated heterocycles. The summed E-state index contributed by atoms with van der Waals surface area (Å²) in [6, 6.07) is 75.5. The van der Waals surface area contributed by atoms with Crippen LogP contribution in [0, 0.1) is 0 Å². The maximum absolute atomic E-state index is 5.23. The molecular formula is C57H35N5S. The van der Waals surface area contributed by atoms with E-state index in [9.17, 15) is 0 Å². The maximum atomic E-state index is 5.23. The summed E-state index contributed by atoms with van der Waals surface area (Å²) in [7, 11) is 0. The monoisotopic (exact) mass is 821 g/mol. The number of benzene rings is 9. The van der Waals surface area contributed by atoms with E-state index in [-0.39, 0.29) is 0 Å². The van der Waals surface area contributed by atoms with Gasteiger partial charge in [0.05, 0.1) is 32.5 Å². The van der Waals surface area contributed by atoms with E-state index < -0.39 is 0 Å². The zero-order valence-corrected chi connectivity index (χ0v) is 34.7. The van der Waals surface area contributed by atoms with Gasteiger partial charge in [-0.05, 0) is 59.7 Å². The standard InChI is InChI=1S/C57H35N5S/c1-5-17-36(18-6-1)39-31-33-48-46(35-39)41-25-13-14-29-47(41)62(48)49-30-16-27-44-51-50(63-54(44)49)34-32-43-42-26-15-28-45(52(42)61(53(43)51)40-23-11-4-12-24-40)57-59-55(37-19-7-2-8-20-37)58-56(60-57)38-21-9-3-10-22-38/h1-35H. The molecule has 0 unspecified atom stereocenters. The van der Waals surface area contributed by atoms with Crippen LogP contribution >= 0.6 is 11.3 Å². The summed E-state index contributed by atoms with van der Waals surface area (Å²) >= 11 is 1.86. The Morgan fingerprint density at radius 1 is 0.349 bits per heavy atom. The Kier molecular flexibility index (Phi) is 8.01. The van der Waals surface area contributed by atoms with Gasteiger partial charge in [0.1, 0.15) is 0 Å². The van der Waals surface area contributed by atoms with Gasteiger partial charge in [0.25, 0.3) is 0 Å². The molecule has 0 amide bonds. The molecule has 294 valence electrons. The summed E-state index contributed by atoms with van der Waals surface area (Å²) in [5.74, 6) is 1.90. The lowest BCUT2D eigenvalue weighted by atomic mass is 10.0. The normalized spacial score (nSPS) is 11.8. The SMILES string of the molecule is c1ccc(-c2ccc3c(c2)c2ccccc2n3-c2cccc3c2sc2ccc4c5cccc(-c6nc(-c7ccccc7)nc(-c7ccccc7)n6)c5n(-c5ccccc5)c4c23)cc1. The third-order valence-electron chi connectivity index (χ3n) is 12.4. The van der Waals surface area contributed by atoms with E-state index in [1.165, 1.54) is 69.7 Å². The number of fused-ring (bicyclic) bond motifs is 10. The highest BCUT2D eigenvalue weighted by Crippen LogP contribution is 2.47. The van der Waals surface area contributed by atoms with E-state index in [1.54, 1.807) is 0 Å². The summed E-state index contributed by atoms with van der Waals surface area (Å²) in [6.45, 7) is 0. The second-order valence-electron chi connectivity index (χ2n) is 16.0. The molecule has 5 nitrogen and oxygen atoms in total. The molecule has 0 radical (unpaired) electrons. The van der Waals surface area contributed by atoms with Crippen molar-refractivity contribution in [1.82, 2.24) is 24.1 Å². The Morgan fingerprint density at radius 3 is 1.65 bits per heavy atom. The van der Waals surface area contributed by atoms with Gasteiger partial charge < -0.3 is 9.13 Å².